The van der Waals surface area contributed by atoms with Crippen LogP contribution in [-0.2, 0) is 0 Å². The number of nitrogens with zero attached hydrogens (tertiary/aromatic N) is 1. The Labute approximate surface area is 108 Å². The number of hydrogen-bond donors (Lipinski definition) is 1. The van der Waals surface area contributed by atoms with Crippen molar-refractivity contribution in [2.75, 3.05) is 0 Å². The van der Waals surface area contributed by atoms with Crippen molar-refractivity contribution in [2.24, 2.45) is 0 Å². The third-order valence-corrected chi connectivity index (χ3v) is 3.39. The van der Waals surface area contributed by atoms with Gasteiger partial charge in [0.1, 0.15) is 6.10 Å². The summed E-state index contributed by atoms with van der Waals surface area (Å²) in [5.41, 5.74) is 6.31. The number of rotatable bonds is 2. The predicted molar refractivity (Wildman–Crippen MR) is 73.7 cm³/mol. The lowest BCUT2D eigenvalue weighted by Gasteiger charge is -2.16. The van der Waals surface area contributed by atoms with E-state index in [0.717, 1.165) is 16.7 Å². The van der Waals surface area contributed by atoms with Crippen LogP contribution < -0.4 is 0 Å². The Balaban J connectivity index is 2.46. The summed E-state index contributed by atoms with van der Waals surface area (Å²) < 4.78 is 0. The van der Waals surface area contributed by atoms with Crippen LogP contribution in [0.25, 0.3) is 0 Å². The number of aliphatic hydroxyl groups excluding tert-OH is 1. The summed E-state index contributed by atoms with van der Waals surface area (Å²) in [5, 5.41) is 10.4. The number of pyridine rings is 1. The van der Waals surface area contributed by atoms with Crippen LogP contribution in [0.3, 0.4) is 0 Å². The molecule has 0 aliphatic heterocycles. The fraction of sp³-hybridized carbons (Fsp3) is 0.312. The van der Waals surface area contributed by atoms with E-state index in [2.05, 4.69) is 31.0 Å². The molecule has 1 aromatic carbocycles. The maximum absolute atomic E-state index is 10.4. The number of aliphatic hydroxyl groups is 1. The maximum Gasteiger partial charge on any atom is 0.121 e. The minimum Gasteiger partial charge on any atom is -0.382 e. The van der Waals surface area contributed by atoms with E-state index in [4.69, 9.17) is 0 Å². The van der Waals surface area contributed by atoms with Crippen LogP contribution in [0, 0.1) is 27.7 Å². The third-order valence-electron chi connectivity index (χ3n) is 3.39. The van der Waals surface area contributed by atoms with Gasteiger partial charge in [-0.1, -0.05) is 12.1 Å². The normalized spacial score (nSPS) is 12.5. The van der Waals surface area contributed by atoms with Crippen LogP contribution >= 0.6 is 0 Å². The molecule has 1 heterocycles. The van der Waals surface area contributed by atoms with Crippen molar-refractivity contribution in [1.82, 2.24) is 4.98 Å². The highest BCUT2D eigenvalue weighted by Gasteiger charge is 2.15. The van der Waals surface area contributed by atoms with E-state index >= 15 is 0 Å². The van der Waals surface area contributed by atoms with E-state index in [0.29, 0.717) is 5.69 Å². The zero-order valence-electron chi connectivity index (χ0n) is 11.4. The largest absolute Gasteiger partial charge is 0.382 e. The fourth-order valence-electron chi connectivity index (χ4n) is 2.15. The van der Waals surface area contributed by atoms with Crippen molar-refractivity contribution in [1.29, 1.82) is 0 Å². The first-order chi connectivity index (χ1) is 8.49. The number of hydrogen-bond acceptors (Lipinski definition) is 2. The second kappa shape index (κ2) is 4.91. The standard InChI is InChI=1S/C16H19NO/c1-10-5-6-17-15(7-10)16(18)14-9-12(3)11(2)8-13(14)4/h5-9,16,18H,1-4H3. The molecule has 0 spiro atoms. The lowest BCUT2D eigenvalue weighted by Crippen LogP contribution is -2.05. The Hall–Kier alpha value is -1.67. The van der Waals surface area contributed by atoms with Gasteiger partial charge in [0.15, 0.2) is 0 Å². The first-order valence-electron chi connectivity index (χ1n) is 6.17. The summed E-state index contributed by atoms with van der Waals surface area (Å²) in [6.45, 7) is 8.18. The van der Waals surface area contributed by atoms with Crippen LogP contribution in [0.5, 0.6) is 0 Å². The average molecular weight is 241 g/mol. The van der Waals surface area contributed by atoms with Crippen LogP contribution in [0.1, 0.15) is 39.6 Å². The second-order valence-electron chi connectivity index (χ2n) is 4.95. The second-order valence-corrected chi connectivity index (χ2v) is 4.95. The summed E-state index contributed by atoms with van der Waals surface area (Å²) in [5.74, 6) is 0. The number of aryl methyl sites for hydroxylation is 4. The van der Waals surface area contributed by atoms with Gasteiger partial charge in [-0.15, -0.1) is 0 Å². The Bertz CT molecular complexity index is 575. The van der Waals surface area contributed by atoms with E-state index in [-0.39, 0.29) is 0 Å². The van der Waals surface area contributed by atoms with Crippen LogP contribution in [0.4, 0.5) is 0 Å². The van der Waals surface area contributed by atoms with Crippen molar-refractivity contribution in [3.05, 3.63) is 64.0 Å². The van der Waals surface area contributed by atoms with E-state index in [9.17, 15) is 5.11 Å². The van der Waals surface area contributed by atoms with E-state index in [1.807, 2.05) is 26.0 Å². The van der Waals surface area contributed by atoms with E-state index in [1.54, 1.807) is 6.20 Å². The SMILES string of the molecule is Cc1ccnc(C(O)c2cc(C)c(C)cc2C)c1. The molecule has 0 aliphatic rings. The lowest BCUT2D eigenvalue weighted by molar-refractivity contribution is 0.214. The van der Waals surface area contributed by atoms with Crippen molar-refractivity contribution in [3.8, 4) is 0 Å². The van der Waals surface area contributed by atoms with Gasteiger partial charge in [-0.3, -0.25) is 4.98 Å². The number of aromatic nitrogens is 1. The van der Waals surface area contributed by atoms with Crippen molar-refractivity contribution in [3.63, 3.8) is 0 Å². The zero-order valence-corrected chi connectivity index (χ0v) is 11.4. The first kappa shape index (κ1) is 12.8. The van der Waals surface area contributed by atoms with Gasteiger partial charge in [0.2, 0.25) is 0 Å². The molecule has 1 unspecified atom stereocenters. The summed E-state index contributed by atoms with van der Waals surface area (Å²) in [6, 6.07) is 8.03. The van der Waals surface area contributed by atoms with Gasteiger partial charge >= 0.3 is 0 Å². The Morgan fingerprint density at radius 2 is 1.61 bits per heavy atom. The molecule has 0 saturated heterocycles. The maximum atomic E-state index is 10.4. The molecule has 0 radical (unpaired) electrons. The molecule has 0 aliphatic carbocycles. The Morgan fingerprint density at radius 3 is 2.28 bits per heavy atom. The molecular formula is C16H19NO. The van der Waals surface area contributed by atoms with Crippen molar-refractivity contribution in [2.45, 2.75) is 33.8 Å². The molecular weight excluding hydrogens is 222 g/mol. The smallest absolute Gasteiger partial charge is 0.121 e. The molecule has 0 saturated carbocycles. The van der Waals surface area contributed by atoms with E-state index < -0.39 is 6.10 Å². The minimum absolute atomic E-state index is 0.649. The monoisotopic (exact) mass is 241 g/mol. The van der Waals surface area contributed by atoms with Gasteiger partial charge in [-0.2, -0.15) is 0 Å². The van der Waals surface area contributed by atoms with Crippen LogP contribution in [0.15, 0.2) is 30.5 Å². The minimum atomic E-state index is -0.649. The molecule has 2 aromatic rings. The van der Waals surface area contributed by atoms with Gasteiger partial charge in [-0.05, 0) is 67.6 Å². The molecule has 0 amide bonds. The van der Waals surface area contributed by atoms with Gasteiger partial charge < -0.3 is 5.11 Å². The molecule has 1 aromatic heterocycles. The van der Waals surface area contributed by atoms with Crippen LogP contribution in [-0.4, -0.2) is 10.1 Å². The van der Waals surface area contributed by atoms with Gasteiger partial charge in [-0.25, -0.2) is 0 Å². The third kappa shape index (κ3) is 2.44. The van der Waals surface area contributed by atoms with Gasteiger partial charge in [0.05, 0.1) is 5.69 Å². The van der Waals surface area contributed by atoms with Crippen molar-refractivity contribution < 1.29 is 5.11 Å². The zero-order chi connectivity index (χ0) is 13.3. The molecule has 18 heavy (non-hydrogen) atoms. The summed E-state index contributed by atoms with van der Waals surface area (Å²) in [4.78, 5) is 4.26. The topological polar surface area (TPSA) is 33.1 Å². The predicted octanol–water partition coefficient (Wildman–Crippen LogP) is 3.40. The van der Waals surface area contributed by atoms with Crippen LogP contribution in [0.2, 0.25) is 0 Å². The molecule has 2 nitrogen and oxygen atoms in total. The summed E-state index contributed by atoms with van der Waals surface area (Å²) in [6.07, 6.45) is 1.09. The molecule has 0 bridgehead atoms. The molecule has 2 heteroatoms. The van der Waals surface area contributed by atoms with E-state index in [1.165, 1.54) is 11.1 Å². The quantitative estimate of drug-likeness (QED) is 0.874. The Morgan fingerprint density at radius 1 is 0.944 bits per heavy atom. The summed E-state index contributed by atoms with van der Waals surface area (Å²) in [7, 11) is 0. The molecule has 2 rings (SSSR count). The average Bonchev–Trinajstić information content (AvgIpc) is 2.33. The Kier molecular flexibility index (Phi) is 3.48. The van der Waals surface area contributed by atoms with Gasteiger partial charge in [0, 0.05) is 6.20 Å². The molecule has 1 atom stereocenters. The lowest BCUT2D eigenvalue weighted by atomic mass is 9.95. The highest BCUT2D eigenvalue weighted by Crippen LogP contribution is 2.26. The fourth-order valence-corrected chi connectivity index (χ4v) is 2.15. The van der Waals surface area contributed by atoms with Gasteiger partial charge in [0.25, 0.3) is 0 Å². The highest BCUT2D eigenvalue weighted by atomic mass is 16.3. The molecule has 0 fully saturated rings. The summed E-state index contributed by atoms with van der Waals surface area (Å²) >= 11 is 0. The van der Waals surface area contributed by atoms with Crippen molar-refractivity contribution >= 4 is 0 Å². The first-order valence-corrected chi connectivity index (χ1v) is 6.17. The number of benzene rings is 1. The highest BCUT2D eigenvalue weighted by molar-refractivity contribution is 5.40. The molecule has 94 valence electrons. The molecule has 1 N–H and O–H groups in total.